The highest BCUT2D eigenvalue weighted by Gasteiger charge is 2.31. The fourth-order valence-electron chi connectivity index (χ4n) is 4.72. The van der Waals surface area contributed by atoms with Gasteiger partial charge in [0, 0.05) is 34.8 Å². The molecule has 0 radical (unpaired) electrons. The molecule has 31 heavy (non-hydrogen) atoms. The monoisotopic (exact) mass is 405 g/mol. The summed E-state index contributed by atoms with van der Waals surface area (Å²) >= 11 is 0. The fraction of sp³-hybridized carbons (Fsp3) is 0.192. The number of imidazole rings is 1. The minimum atomic E-state index is 0.473. The van der Waals surface area contributed by atoms with Crippen LogP contribution in [0, 0.1) is 5.92 Å². The van der Waals surface area contributed by atoms with Crippen LogP contribution < -0.4 is 5.73 Å². The molecule has 2 N–H and O–H groups in total. The molecule has 6 rings (SSSR count). The zero-order chi connectivity index (χ0) is 20.9. The van der Waals surface area contributed by atoms with Crippen molar-refractivity contribution in [1.29, 1.82) is 0 Å². The van der Waals surface area contributed by atoms with Crippen molar-refractivity contribution < 1.29 is 0 Å². The van der Waals surface area contributed by atoms with Crippen LogP contribution in [-0.2, 0) is 0 Å². The molecule has 2 aromatic carbocycles. The van der Waals surface area contributed by atoms with Crippen molar-refractivity contribution in [3.8, 4) is 22.5 Å². The Morgan fingerprint density at radius 3 is 2.55 bits per heavy atom. The maximum Gasteiger partial charge on any atom is 0.150 e. The summed E-state index contributed by atoms with van der Waals surface area (Å²) in [6.45, 7) is 2.29. The van der Waals surface area contributed by atoms with Crippen LogP contribution in [-0.4, -0.2) is 19.4 Å². The number of nitrogens with zero attached hydrogens (tertiary/aromatic N) is 4. The third-order valence-electron chi connectivity index (χ3n) is 6.38. The average molecular weight is 406 g/mol. The molecule has 5 aromatic rings. The summed E-state index contributed by atoms with van der Waals surface area (Å²) in [6, 6.07) is 20.8. The smallest absolute Gasteiger partial charge is 0.150 e. The molecule has 0 atom stereocenters. The topological polar surface area (TPSA) is 69.1 Å². The van der Waals surface area contributed by atoms with Crippen LogP contribution in [0.25, 0.3) is 38.9 Å². The van der Waals surface area contributed by atoms with Gasteiger partial charge in [0.15, 0.2) is 0 Å². The van der Waals surface area contributed by atoms with Crippen molar-refractivity contribution in [3.63, 3.8) is 0 Å². The molecule has 5 nitrogen and oxygen atoms in total. The second-order valence-corrected chi connectivity index (χ2v) is 8.59. The third kappa shape index (κ3) is 2.96. The molecular weight excluding hydrogens is 382 g/mol. The summed E-state index contributed by atoms with van der Waals surface area (Å²) in [5.74, 6) is 2.82. The Kier molecular flexibility index (Phi) is 4.03. The average Bonchev–Trinajstić information content (AvgIpc) is 3.17. The van der Waals surface area contributed by atoms with Crippen LogP contribution in [0.5, 0.6) is 0 Å². The van der Waals surface area contributed by atoms with Crippen LogP contribution in [0.1, 0.15) is 31.5 Å². The van der Waals surface area contributed by atoms with Crippen molar-refractivity contribution in [1.82, 2.24) is 19.4 Å². The van der Waals surface area contributed by atoms with Crippen molar-refractivity contribution in [2.75, 3.05) is 5.73 Å². The normalized spacial score (nSPS) is 18.4. The van der Waals surface area contributed by atoms with Gasteiger partial charge in [0.2, 0.25) is 0 Å². The van der Waals surface area contributed by atoms with Gasteiger partial charge in [0.05, 0.1) is 11.2 Å². The Balaban J connectivity index is 1.51. The van der Waals surface area contributed by atoms with Gasteiger partial charge in [-0.3, -0.25) is 4.40 Å². The second-order valence-electron chi connectivity index (χ2n) is 8.59. The van der Waals surface area contributed by atoms with E-state index in [-0.39, 0.29) is 0 Å². The standard InChI is InChI=1S/C26H23N5/c1-16-13-20(14-16)26-30-23(24-25(27)28-11-12-31(24)26)19-8-7-18-9-10-21(29-22(18)15-19)17-5-3-2-4-6-17/h2-12,15-16,20H,13-14H2,1H3,(H2,27,28)/t16-,20+. The summed E-state index contributed by atoms with van der Waals surface area (Å²) in [6.07, 6.45) is 6.07. The molecule has 0 saturated heterocycles. The van der Waals surface area contributed by atoms with Crippen molar-refractivity contribution in [2.45, 2.75) is 25.7 Å². The van der Waals surface area contributed by atoms with E-state index < -0.39 is 0 Å². The van der Waals surface area contributed by atoms with E-state index in [0.29, 0.717) is 11.7 Å². The lowest BCUT2D eigenvalue weighted by atomic mass is 9.76. The van der Waals surface area contributed by atoms with Crippen LogP contribution >= 0.6 is 0 Å². The predicted molar refractivity (Wildman–Crippen MR) is 125 cm³/mol. The summed E-state index contributed by atoms with van der Waals surface area (Å²) in [5.41, 5.74) is 12.1. The predicted octanol–water partition coefficient (Wildman–Crippen LogP) is 5.71. The largest absolute Gasteiger partial charge is 0.382 e. The highest BCUT2D eigenvalue weighted by Crippen LogP contribution is 2.42. The number of fused-ring (bicyclic) bond motifs is 2. The number of benzene rings is 2. The first-order chi connectivity index (χ1) is 15.2. The third-order valence-corrected chi connectivity index (χ3v) is 6.38. The Hall–Kier alpha value is -3.73. The molecule has 1 aliphatic carbocycles. The Labute approximate surface area is 180 Å². The van der Waals surface area contributed by atoms with Crippen molar-refractivity contribution >= 4 is 22.2 Å². The van der Waals surface area contributed by atoms with Gasteiger partial charge in [0.1, 0.15) is 22.9 Å². The molecule has 1 saturated carbocycles. The lowest BCUT2D eigenvalue weighted by Gasteiger charge is -2.31. The van der Waals surface area contributed by atoms with Gasteiger partial charge in [-0.1, -0.05) is 55.5 Å². The van der Waals surface area contributed by atoms with Crippen LogP contribution in [0.3, 0.4) is 0 Å². The molecule has 5 heteroatoms. The first-order valence-electron chi connectivity index (χ1n) is 10.8. The van der Waals surface area contributed by atoms with Crippen LogP contribution in [0.2, 0.25) is 0 Å². The first-order valence-corrected chi connectivity index (χ1v) is 10.8. The van der Waals surface area contributed by atoms with Gasteiger partial charge in [-0.25, -0.2) is 15.0 Å². The highest BCUT2D eigenvalue weighted by atomic mass is 15.1. The lowest BCUT2D eigenvalue weighted by Crippen LogP contribution is -2.21. The lowest BCUT2D eigenvalue weighted by molar-refractivity contribution is 0.277. The van der Waals surface area contributed by atoms with Gasteiger partial charge < -0.3 is 5.73 Å². The minimum absolute atomic E-state index is 0.473. The van der Waals surface area contributed by atoms with Gasteiger partial charge in [-0.2, -0.15) is 0 Å². The van der Waals surface area contributed by atoms with E-state index in [1.54, 1.807) is 6.20 Å². The van der Waals surface area contributed by atoms with E-state index in [1.807, 2.05) is 24.4 Å². The zero-order valence-corrected chi connectivity index (χ0v) is 17.4. The quantitative estimate of drug-likeness (QED) is 0.418. The maximum absolute atomic E-state index is 6.32. The van der Waals surface area contributed by atoms with E-state index in [1.165, 1.54) is 12.8 Å². The summed E-state index contributed by atoms with van der Waals surface area (Å²) in [4.78, 5) is 14.4. The molecule has 1 aliphatic rings. The maximum atomic E-state index is 6.32. The first kappa shape index (κ1) is 18.1. The molecule has 0 unspecified atom stereocenters. The summed E-state index contributed by atoms with van der Waals surface area (Å²) in [7, 11) is 0. The fourth-order valence-corrected chi connectivity index (χ4v) is 4.72. The SMILES string of the molecule is C[C@H]1C[C@@H](c2nc(-c3ccc4ccc(-c5ccccc5)nc4c3)c3c(N)nccn32)C1. The van der Waals surface area contributed by atoms with Gasteiger partial charge in [0.25, 0.3) is 0 Å². The number of anilines is 1. The minimum Gasteiger partial charge on any atom is -0.382 e. The highest BCUT2D eigenvalue weighted by molar-refractivity contribution is 5.91. The van der Waals surface area contributed by atoms with Crippen molar-refractivity contribution in [2.24, 2.45) is 5.92 Å². The van der Waals surface area contributed by atoms with Crippen LogP contribution in [0.4, 0.5) is 5.82 Å². The number of nitrogens with two attached hydrogens (primary N) is 1. The number of rotatable bonds is 3. The van der Waals surface area contributed by atoms with E-state index >= 15 is 0 Å². The Morgan fingerprint density at radius 1 is 0.935 bits per heavy atom. The molecule has 0 spiro atoms. The second kappa shape index (κ2) is 6.91. The summed E-state index contributed by atoms with van der Waals surface area (Å²) < 4.78 is 2.13. The number of hydrogen-bond acceptors (Lipinski definition) is 4. The number of aromatic nitrogens is 4. The molecule has 3 aromatic heterocycles. The van der Waals surface area contributed by atoms with E-state index in [2.05, 4.69) is 58.8 Å². The molecule has 0 amide bonds. The molecule has 152 valence electrons. The van der Waals surface area contributed by atoms with Gasteiger partial charge >= 0.3 is 0 Å². The number of pyridine rings is 1. The van der Waals surface area contributed by atoms with E-state index in [4.69, 9.17) is 15.7 Å². The van der Waals surface area contributed by atoms with Crippen molar-refractivity contribution in [3.05, 3.63) is 78.9 Å². The molecule has 0 bridgehead atoms. The zero-order valence-electron chi connectivity index (χ0n) is 17.4. The van der Waals surface area contributed by atoms with Crippen LogP contribution in [0.15, 0.2) is 73.1 Å². The number of nitrogen functional groups attached to an aromatic ring is 1. The molecule has 0 aliphatic heterocycles. The summed E-state index contributed by atoms with van der Waals surface area (Å²) in [5, 5.41) is 1.10. The number of hydrogen-bond donors (Lipinski definition) is 1. The molecule has 1 fully saturated rings. The van der Waals surface area contributed by atoms with Gasteiger partial charge in [-0.15, -0.1) is 0 Å². The van der Waals surface area contributed by atoms with E-state index in [0.717, 1.165) is 50.7 Å². The molecule has 3 heterocycles. The Morgan fingerprint density at radius 2 is 1.74 bits per heavy atom. The Bertz CT molecular complexity index is 1410. The molecular formula is C26H23N5. The van der Waals surface area contributed by atoms with E-state index in [9.17, 15) is 0 Å². The van der Waals surface area contributed by atoms with Gasteiger partial charge in [-0.05, 0) is 30.9 Å².